The number of carboxylic acid groups (broad SMARTS) is 1. The third-order valence-corrected chi connectivity index (χ3v) is 2.84. The quantitative estimate of drug-likeness (QED) is 0.482. The molecule has 8 heteroatoms. The van der Waals surface area contributed by atoms with Gasteiger partial charge < -0.3 is 25.7 Å². The molecule has 1 aliphatic heterocycles. The molecule has 0 aromatic heterocycles. The number of aliphatic hydroxyl groups excluding tert-OH is 1. The summed E-state index contributed by atoms with van der Waals surface area (Å²) in [5, 5.41) is 22.2. The summed E-state index contributed by atoms with van der Waals surface area (Å²) in [7, 11) is 1.48. The highest BCUT2D eigenvalue weighted by atomic mass is 16.4. The van der Waals surface area contributed by atoms with Crippen LogP contribution < -0.4 is 10.6 Å². The van der Waals surface area contributed by atoms with Crippen molar-refractivity contribution >= 4 is 17.9 Å². The average molecular weight is 259 g/mol. The maximum absolute atomic E-state index is 11.8. The van der Waals surface area contributed by atoms with Crippen molar-refractivity contribution in [1.29, 1.82) is 0 Å². The van der Waals surface area contributed by atoms with Crippen LogP contribution in [0.15, 0.2) is 0 Å². The molecular formula is C10H17N3O5. The molecule has 3 amide bonds. The van der Waals surface area contributed by atoms with E-state index in [1.54, 1.807) is 0 Å². The van der Waals surface area contributed by atoms with Crippen molar-refractivity contribution in [1.82, 2.24) is 15.5 Å². The van der Waals surface area contributed by atoms with Crippen LogP contribution in [0.3, 0.4) is 0 Å². The van der Waals surface area contributed by atoms with Crippen molar-refractivity contribution in [2.45, 2.75) is 24.9 Å². The SMILES string of the molecule is CNC(=O)C1CCCN1C(=O)NC(CO)C(=O)O. The molecule has 1 saturated heterocycles. The van der Waals surface area contributed by atoms with Crippen molar-refractivity contribution in [3.8, 4) is 0 Å². The first-order valence-electron chi connectivity index (χ1n) is 5.63. The monoisotopic (exact) mass is 259 g/mol. The predicted octanol–water partition coefficient (Wildman–Crippen LogP) is -1.65. The third-order valence-electron chi connectivity index (χ3n) is 2.84. The highest BCUT2D eigenvalue weighted by molar-refractivity contribution is 5.89. The van der Waals surface area contributed by atoms with Crippen molar-refractivity contribution in [3.05, 3.63) is 0 Å². The largest absolute Gasteiger partial charge is 0.480 e. The highest BCUT2D eigenvalue weighted by Gasteiger charge is 2.34. The number of hydrogen-bond acceptors (Lipinski definition) is 4. The number of hydrogen-bond donors (Lipinski definition) is 4. The van der Waals surface area contributed by atoms with Crippen LogP contribution in [0, 0.1) is 0 Å². The first kappa shape index (κ1) is 14.2. The van der Waals surface area contributed by atoms with Gasteiger partial charge in [0.2, 0.25) is 5.91 Å². The molecular weight excluding hydrogens is 242 g/mol. The Bertz CT molecular complexity index is 346. The molecule has 1 heterocycles. The van der Waals surface area contributed by atoms with E-state index in [9.17, 15) is 14.4 Å². The second-order valence-electron chi connectivity index (χ2n) is 3.99. The number of rotatable bonds is 4. The zero-order valence-corrected chi connectivity index (χ0v) is 10.0. The van der Waals surface area contributed by atoms with Gasteiger partial charge >= 0.3 is 12.0 Å². The molecule has 0 saturated carbocycles. The molecule has 102 valence electrons. The molecule has 1 fully saturated rings. The van der Waals surface area contributed by atoms with Crippen LogP contribution in [0.2, 0.25) is 0 Å². The first-order valence-corrected chi connectivity index (χ1v) is 5.63. The Morgan fingerprint density at radius 2 is 2.11 bits per heavy atom. The van der Waals surface area contributed by atoms with E-state index in [0.29, 0.717) is 19.4 Å². The minimum Gasteiger partial charge on any atom is -0.480 e. The fourth-order valence-electron chi connectivity index (χ4n) is 1.87. The molecule has 1 aliphatic rings. The zero-order valence-electron chi connectivity index (χ0n) is 10.0. The zero-order chi connectivity index (χ0) is 13.7. The van der Waals surface area contributed by atoms with E-state index in [2.05, 4.69) is 10.6 Å². The highest BCUT2D eigenvalue weighted by Crippen LogP contribution is 2.17. The first-order chi connectivity index (χ1) is 8.51. The molecule has 8 nitrogen and oxygen atoms in total. The van der Waals surface area contributed by atoms with E-state index in [1.165, 1.54) is 11.9 Å². The summed E-state index contributed by atoms with van der Waals surface area (Å²) in [6, 6.07) is -2.59. The molecule has 18 heavy (non-hydrogen) atoms. The van der Waals surface area contributed by atoms with Crippen molar-refractivity contribution in [2.24, 2.45) is 0 Å². The normalized spacial score (nSPS) is 20.3. The minimum atomic E-state index is -1.36. The van der Waals surface area contributed by atoms with Gasteiger partial charge in [-0.25, -0.2) is 9.59 Å². The van der Waals surface area contributed by atoms with E-state index in [-0.39, 0.29) is 5.91 Å². The van der Waals surface area contributed by atoms with Gasteiger partial charge in [-0.2, -0.15) is 0 Å². The second-order valence-corrected chi connectivity index (χ2v) is 3.99. The van der Waals surface area contributed by atoms with Gasteiger partial charge in [-0.1, -0.05) is 0 Å². The van der Waals surface area contributed by atoms with E-state index >= 15 is 0 Å². The Labute approximate surface area is 104 Å². The van der Waals surface area contributed by atoms with E-state index in [0.717, 1.165) is 0 Å². The number of likely N-dealkylation sites (N-methyl/N-ethyl adjacent to an activating group) is 1. The number of carbonyl (C=O) groups excluding carboxylic acids is 2. The molecule has 0 aromatic carbocycles. The lowest BCUT2D eigenvalue weighted by Crippen LogP contribution is -2.53. The van der Waals surface area contributed by atoms with Gasteiger partial charge in [-0.15, -0.1) is 0 Å². The molecule has 0 radical (unpaired) electrons. The van der Waals surface area contributed by atoms with Gasteiger partial charge in [-0.3, -0.25) is 4.79 Å². The lowest BCUT2D eigenvalue weighted by Gasteiger charge is -2.25. The summed E-state index contributed by atoms with van der Waals surface area (Å²) in [6.45, 7) is -0.304. The number of aliphatic carboxylic acids is 1. The van der Waals surface area contributed by atoms with Crippen LogP contribution in [0.5, 0.6) is 0 Å². The van der Waals surface area contributed by atoms with Crippen LogP contribution in [-0.4, -0.2) is 65.3 Å². The lowest BCUT2D eigenvalue weighted by molar-refractivity contribution is -0.140. The number of amides is 3. The molecule has 0 spiro atoms. The fourth-order valence-corrected chi connectivity index (χ4v) is 1.87. The Hall–Kier alpha value is -1.83. The molecule has 2 unspecified atom stereocenters. The summed E-state index contributed by atoms with van der Waals surface area (Å²) < 4.78 is 0. The van der Waals surface area contributed by atoms with E-state index in [1.807, 2.05) is 0 Å². The second kappa shape index (κ2) is 6.20. The molecule has 2 atom stereocenters. The molecule has 0 aliphatic carbocycles. The smallest absolute Gasteiger partial charge is 0.328 e. The summed E-state index contributed by atoms with van der Waals surface area (Å²) >= 11 is 0. The van der Waals surface area contributed by atoms with E-state index < -0.39 is 30.7 Å². The van der Waals surface area contributed by atoms with Gasteiger partial charge in [0.25, 0.3) is 0 Å². The fraction of sp³-hybridized carbons (Fsp3) is 0.700. The maximum Gasteiger partial charge on any atom is 0.328 e. The van der Waals surface area contributed by atoms with Gasteiger partial charge in [0.05, 0.1) is 6.61 Å². The lowest BCUT2D eigenvalue weighted by atomic mass is 10.2. The number of carboxylic acids is 1. The van der Waals surface area contributed by atoms with Crippen LogP contribution >= 0.6 is 0 Å². The predicted molar refractivity (Wildman–Crippen MR) is 60.8 cm³/mol. The van der Waals surface area contributed by atoms with Gasteiger partial charge in [-0.05, 0) is 12.8 Å². The summed E-state index contributed by atoms with van der Waals surface area (Å²) in [5.74, 6) is -1.60. The van der Waals surface area contributed by atoms with E-state index in [4.69, 9.17) is 10.2 Å². The van der Waals surface area contributed by atoms with Gasteiger partial charge in [0.15, 0.2) is 6.04 Å². The molecule has 0 aromatic rings. The Morgan fingerprint density at radius 3 is 2.61 bits per heavy atom. The number of likely N-dealkylation sites (tertiary alicyclic amines) is 1. The van der Waals surface area contributed by atoms with Crippen LogP contribution in [-0.2, 0) is 9.59 Å². The number of nitrogens with zero attached hydrogens (tertiary/aromatic N) is 1. The number of carbonyl (C=O) groups is 3. The molecule has 1 rings (SSSR count). The Morgan fingerprint density at radius 1 is 1.44 bits per heavy atom. The van der Waals surface area contributed by atoms with Crippen molar-refractivity contribution in [3.63, 3.8) is 0 Å². The van der Waals surface area contributed by atoms with Crippen LogP contribution in [0.25, 0.3) is 0 Å². The van der Waals surface area contributed by atoms with Crippen molar-refractivity contribution in [2.75, 3.05) is 20.2 Å². The topological polar surface area (TPSA) is 119 Å². The molecule has 4 N–H and O–H groups in total. The number of urea groups is 1. The van der Waals surface area contributed by atoms with Gasteiger partial charge in [0, 0.05) is 13.6 Å². The number of aliphatic hydroxyl groups is 1. The van der Waals surface area contributed by atoms with Crippen molar-refractivity contribution < 1.29 is 24.6 Å². The summed E-state index contributed by atoms with van der Waals surface area (Å²) in [6.07, 6.45) is 1.23. The van der Waals surface area contributed by atoms with Crippen LogP contribution in [0.1, 0.15) is 12.8 Å². The Balaban J connectivity index is 2.65. The molecule has 0 bridgehead atoms. The third kappa shape index (κ3) is 3.10. The van der Waals surface area contributed by atoms with Gasteiger partial charge in [0.1, 0.15) is 6.04 Å². The summed E-state index contributed by atoms with van der Waals surface area (Å²) in [4.78, 5) is 35.3. The summed E-state index contributed by atoms with van der Waals surface area (Å²) in [5.41, 5.74) is 0. The Kier molecular flexibility index (Phi) is 4.90. The maximum atomic E-state index is 11.8. The minimum absolute atomic E-state index is 0.279. The van der Waals surface area contributed by atoms with Crippen LogP contribution in [0.4, 0.5) is 4.79 Å². The number of nitrogens with one attached hydrogen (secondary N) is 2. The standard InChI is InChI=1S/C10H17N3O5/c1-11-8(15)7-3-2-4-13(7)10(18)12-6(5-14)9(16)17/h6-7,14H,2-5H2,1H3,(H,11,15)(H,12,18)(H,16,17). The average Bonchev–Trinajstić information content (AvgIpc) is 2.83.